The molecule has 0 aromatic heterocycles. The van der Waals surface area contributed by atoms with Crippen molar-refractivity contribution in [3.8, 4) is 0 Å². The van der Waals surface area contributed by atoms with Gasteiger partial charge in [0.1, 0.15) is 0 Å². The van der Waals surface area contributed by atoms with Crippen LogP contribution in [0.5, 0.6) is 0 Å². The Bertz CT molecular complexity index is 46.1. The molecule has 0 unspecified atom stereocenters. The molecule has 0 atom stereocenters. The van der Waals surface area contributed by atoms with Crippen molar-refractivity contribution < 1.29 is 19.4 Å². The van der Waals surface area contributed by atoms with Crippen molar-refractivity contribution in [3.05, 3.63) is 0 Å². The Morgan fingerprint density at radius 3 is 2.00 bits per heavy atom. The van der Waals surface area contributed by atoms with Crippen molar-refractivity contribution in [2.75, 3.05) is 0 Å². The maximum absolute atomic E-state index is 5.12. The average Bonchev–Trinajstić information content (AvgIpc) is 1.38. The van der Waals surface area contributed by atoms with Gasteiger partial charge in [0.25, 0.3) is 0 Å². The van der Waals surface area contributed by atoms with Gasteiger partial charge in [-0.3, -0.25) is 0 Å². The van der Waals surface area contributed by atoms with E-state index in [-0.39, 0.29) is 7.43 Å². The third-order valence-electron chi connectivity index (χ3n) is 0.201. The molecule has 0 aromatic carbocycles. The molecule has 0 rings (SSSR count). The normalized spacial score (nSPS) is 6.17. The second kappa shape index (κ2) is 5.58. The first kappa shape index (κ1) is 9.77. The Morgan fingerprint density at radius 2 is 2.00 bits per heavy atom. The minimum atomic E-state index is 0. The number of rotatable bonds is 1. The number of hydrogen-bond acceptors (Lipinski definition) is 1. The van der Waals surface area contributed by atoms with Gasteiger partial charge in [-0.2, -0.15) is 0 Å². The van der Waals surface area contributed by atoms with E-state index in [2.05, 4.69) is 0 Å². The molecule has 6 heavy (non-hydrogen) atoms. The zero-order chi connectivity index (χ0) is 4.28. The summed E-state index contributed by atoms with van der Waals surface area (Å²) < 4.78 is 0.866. The van der Waals surface area contributed by atoms with E-state index in [9.17, 15) is 0 Å². The van der Waals surface area contributed by atoms with E-state index in [1.54, 1.807) is 0 Å². The molecule has 3 heteroatoms. The predicted molar refractivity (Wildman–Crippen MR) is 26.5 cm³/mol. The van der Waals surface area contributed by atoms with Crippen molar-refractivity contribution in [1.82, 2.24) is 0 Å². The first-order valence-corrected chi connectivity index (χ1v) is 2.72. The Hall–Kier alpha value is 0.583. The van der Waals surface area contributed by atoms with Crippen LogP contribution in [-0.4, -0.2) is 11.9 Å². The molecule has 0 aliphatic rings. The van der Waals surface area contributed by atoms with Gasteiger partial charge in [0.15, 0.2) is 0 Å². The van der Waals surface area contributed by atoms with Crippen LogP contribution < -0.4 is 5.73 Å². The van der Waals surface area contributed by atoms with Gasteiger partial charge in [-0.1, -0.05) is 7.43 Å². The minimum absolute atomic E-state index is 0. The van der Waals surface area contributed by atoms with E-state index >= 15 is 0 Å². The van der Waals surface area contributed by atoms with Crippen LogP contribution in [0.4, 0.5) is 0 Å². The van der Waals surface area contributed by atoms with E-state index < -0.39 is 0 Å². The third kappa shape index (κ3) is 8.82. The summed E-state index contributed by atoms with van der Waals surface area (Å²) in [6.07, 6.45) is 0.537. The summed E-state index contributed by atoms with van der Waals surface area (Å²) in [6.45, 7) is 0. The summed E-state index contributed by atoms with van der Waals surface area (Å²) in [5.41, 5.74) is 5.12. The molecule has 34 valence electrons. The fourth-order valence-corrected chi connectivity index (χ4v) is 0. The van der Waals surface area contributed by atoms with Gasteiger partial charge in [0.05, 0.1) is 0 Å². The van der Waals surface area contributed by atoms with Crippen LogP contribution in [0.2, 0.25) is 6.32 Å². The van der Waals surface area contributed by atoms with Crippen molar-refractivity contribution in [2.24, 2.45) is 5.73 Å². The second-order valence-corrected chi connectivity index (χ2v) is 2.55. The molecule has 2 radical (unpaired) electrons. The average molecular weight is 253 g/mol. The molecule has 0 amide bonds. The van der Waals surface area contributed by atoms with Gasteiger partial charge in [-0.25, -0.2) is 0 Å². The van der Waals surface area contributed by atoms with E-state index in [1.165, 1.54) is 19.4 Å². The zero-order valence-corrected chi connectivity index (χ0v) is 5.70. The van der Waals surface area contributed by atoms with Gasteiger partial charge in [-0.05, 0) is 0 Å². The van der Waals surface area contributed by atoms with Crippen LogP contribution in [0.3, 0.4) is 0 Å². The van der Waals surface area contributed by atoms with Crippen LogP contribution in [0.25, 0.3) is 0 Å². The molecule has 1 nitrogen and oxygen atoms in total. The summed E-state index contributed by atoms with van der Waals surface area (Å²) in [6, 6.07) is 0. The molecule has 0 saturated carbocycles. The number of nitrogens with two attached hydrogens (primary N) is 1. The molecule has 0 heterocycles. The van der Waals surface area contributed by atoms with E-state index in [1.807, 2.05) is 0 Å². The quantitative estimate of drug-likeness (QED) is 0.646. The third-order valence-corrected chi connectivity index (χ3v) is 0.800. The molecule has 0 saturated heterocycles. The Balaban J connectivity index is 0. The Morgan fingerprint density at radius 1 is 1.83 bits per heavy atom. The molecule has 0 aliphatic carbocycles. The molecular formula is C3H8BNW. The zero-order valence-electron chi connectivity index (χ0n) is 2.77. The summed E-state index contributed by atoms with van der Waals surface area (Å²) >= 11 is 1.28. The van der Waals surface area contributed by atoms with Gasteiger partial charge >= 0.3 is 43.3 Å². The van der Waals surface area contributed by atoms with E-state index in [0.717, 1.165) is 4.02 Å². The molecule has 0 spiro atoms. The van der Waals surface area contributed by atoms with Crippen molar-refractivity contribution in [3.63, 3.8) is 0 Å². The molecule has 0 aliphatic heterocycles. The number of hydrogen-bond donors (Lipinski definition) is 1. The predicted octanol–water partition coefficient (Wildman–Crippen LogP) is -0.155. The molecular weight excluding hydrogens is 245 g/mol. The van der Waals surface area contributed by atoms with Crippen molar-refractivity contribution in [2.45, 2.75) is 13.7 Å². The standard InChI is InChI=1S/C2H4BN.CH4.W/c3-1-2-4;;/h1,4H2;1H4;. The van der Waals surface area contributed by atoms with Gasteiger partial charge in [0.2, 0.25) is 0 Å². The fourth-order valence-electron chi connectivity index (χ4n) is 0. The van der Waals surface area contributed by atoms with E-state index in [4.69, 9.17) is 13.6 Å². The van der Waals surface area contributed by atoms with Crippen LogP contribution >= 0.6 is 0 Å². The second-order valence-electron chi connectivity index (χ2n) is 0.670. The molecule has 0 bridgehead atoms. The van der Waals surface area contributed by atoms with Crippen molar-refractivity contribution >= 4 is 11.9 Å². The van der Waals surface area contributed by atoms with Gasteiger partial charge < -0.3 is 0 Å². The Kier molecular flexibility index (Phi) is 9.09. The molecule has 0 aromatic rings. The summed E-state index contributed by atoms with van der Waals surface area (Å²) in [4.78, 5) is 0. The summed E-state index contributed by atoms with van der Waals surface area (Å²) in [7, 11) is 5.03. The van der Waals surface area contributed by atoms with Crippen LogP contribution in [0, 0.1) is 0 Å². The summed E-state index contributed by atoms with van der Waals surface area (Å²) in [5.74, 6) is 0. The van der Waals surface area contributed by atoms with E-state index in [0.29, 0.717) is 6.32 Å². The topological polar surface area (TPSA) is 26.0 Å². The van der Waals surface area contributed by atoms with Gasteiger partial charge in [-0.15, -0.1) is 0 Å². The maximum atomic E-state index is 5.12. The fraction of sp³-hybridized carbons (Fsp3) is 0.667. The molecule has 2 N–H and O–H groups in total. The summed E-state index contributed by atoms with van der Waals surface area (Å²) in [5, 5.41) is 0. The van der Waals surface area contributed by atoms with Gasteiger partial charge in [0, 0.05) is 0 Å². The first-order valence-electron chi connectivity index (χ1n) is 1.25. The first-order chi connectivity index (χ1) is 2.27. The monoisotopic (exact) mass is 253 g/mol. The van der Waals surface area contributed by atoms with Crippen LogP contribution in [0.15, 0.2) is 0 Å². The SMILES string of the molecule is C.[B]C[C](N)=[W]. The van der Waals surface area contributed by atoms with Crippen LogP contribution in [-0.2, 0) is 19.4 Å². The molecule has 0 fully saturated rings. The van der Waals surface area contributed by atoms with Crippen molar-refractivity contribution in [1.29, 1.82) is 0 Å². The van der Waals surface area contributed by atoms with Crippen LogP contribution in [0.1, 0.15) is 7.43 Å². The Labute approximate surface area is 51.1 Å².